The molecule has 1 aliphatic heterocycles. The first kappa shape index (κ1) is 16.0. The van der Waals surface area contributed by atoms with E-state index < -0.39 is 0 Å². The standard InChI is InChI=1S/C17H26N2O2/c1-2-11-21-15-9-6-10-19(13-15)17(20)12-16(18)14-7-4-3-5-8-14/h3-5,7-8,15-16H,2,6,9-13,18H2,1H3. The number of nitrogens with zero attached hydrogens (tertiary/aromatic N) is 1. The number of hydrogen-bond donors (Lipinski definition) is 1. The molecular formula is C17H26N2O2. The van der Waals surface area contributed by atoms with Crippen molar-refractivity contribution in [1.82, 2.24) is 4.90 Å². The van der Waals surface area contributed by atoms with Gasteiger partial charge in [0.05, 0.1) is 6.10 Å². The molecular weight excluding hydrogens is 264 g/mol. The molecule has 0 aliphatic carbocycles. The van der Waals surface area contributed by atoms with E-state index in [9.17, 15) is 4.79 Å². The van der Waals surface area contributed by atoms with Gasteiger partial charge in [-0.1, -0.05) is 37.3 Å². The summed E-state index contributed by atoms with van der Waals surface area (Å²) in [7, 11) is 0. The molecule has 21 heavy (non-hydrogen) atoms. The molecule has 0 saturated carbocycles. The summed E-state index contributed by atoms with van der Waals surface area (Å²) in [5, 5.41) is 0. The van der Waals surface area contributed by atoms with E-state index >= 15 is 0 Å². The van der Waals surface area contributed by atoms with Crippen LogP contribution in [0.1, 0.15) is 44.2 Å². The van der Waals surface area contributed by atoms with Crippen LogP contribution in [-0.4, -0.2) is 36.6 Å². The summed E-state index contributed by atoms with van der Waals surface area (Å²) in [6, 6.07) is 9.58. The molecule has 116 valence electrons. The minimum atomic E-state index is -0.226. The third-order valence-corrected chi connectivity index (χ3v) is 3.91. The van der Waals surface area contributed by atoms with Crippen LogP contribution in [0.4, 0.5) is 0 Å². The van der Waals surface area contributed by atoms with Crippen LogP contribution >= 0.6 is 0 Å². The van der Waals surface area contributed by atoms with Crippen molar-refractivity contribution in [3.63, 3.8) is 0 Å². The summed E-state index contributed by atoms with van der Waals surface area (Å²) < 4.78 is 5.78. The Morgan fingerprint density at radius 3 is 2.90 bits per heavy atom. The minimum absolute atomic E-state index is 0.135. The number of nitrogens with two attached hydrogens (primary N) is 1. The number of hydrogen-bond acceptors (Lipinski definition) is 3. The topological polar surface area (TPSA) is 55.6 Å². The summed E-state index contributed by atoms with van der Waals surface area (Å²) in [5.74, 6) is 0.135. The van der Waals surface area contributed by atoms with Gasteiger partial charge in [-0.2, -0.15) is 0 Å². The van der Waals surface area contributed by atoms with Gasteiger partial charge in [0.15, 0.2) is 0 Å². The largest absolute Gasteiger partial charge is 0.376 e. The molecule has 4 nitrogen and oxygen atoms in total. The van der Waals surface area contributed by atoms with Crippen molar-refractivity contribution in [2.24, 2.45) is 5.73 Å². The number of rotatable bonds is 6. The highest BCUT2D eigenvalue weighted by Gasteiger charge is 2.25. The molecule has 2 rings (SSSR count). The van der Waals surface area contributed by atoms with E-state index in [2.05, 4.69) is 6.92 Å². The second-order valence-electron chi connectivity index (χ2n) is 5.70. The average Bonchev–Trinajstić information content (AvgIpc) is 2.54. The lowest BCUT2D eigenvalue weighted by molar-refractivity contribution is -0.135. The van der Waals surface area contributed by atoms with Crippen LogP contribution in [0.2, 0.25) is 0 Å². The lowest BCUT2D eigenvalue weighted by Crippen LogP contribution is -2.44. The van der Waals surface area contributed by atoms with Crippen molar-refractivity contribution in [3.05, 3.63) is 35.9 Å². The number of ether oxygens (including phenoxy) is 1. The van der Waals surface area contributed by atoms with E-state index in [4.69, 9.17) is 10.5 Å². The van der Waals surface area contributed by atoms with Gasteiger partial charge in [-0.3, -0.25) is 4.79 Å². The highest BCUT2D eigenvalue weighted by Crippen LogP contribution is 2.18. The second-order valence-corrected chi connectivity index (χ2v) is 5.70. The Bertz CT molecular complexity index is 436. The van der Waals surface area contributed by atoms with Crippen molar-refractivity contribution < 1.29 is 9.53 Å². The minimum Gasteiger partial charge on any atom is -0.376 e. The van der Waals surface area contributed by atoms with Gasteiger partial charge in [-0.05, 0) is 24.8 Å². The SMILES string of the molecule is CCCOC1CCCN(C(=O)CC(N)c2ccccc2)C1. The highest BCUT2D eigenvalue weighted by atomic mass is 16.5. The lowest BCUT2D eigenvalue weighted by Gasteiger charge is -2.33. The fraction of sp³-hybridized carbons (Fsp3) is 0.588. The summed E-state index contributed by atoms with van der Waals surface area (Å²) in [6.07, 6.45) is 3.64. The first-order valence-electron chi connectivity index (χ1n) is 7.90. The third kappa shape index (κ3) is 4.83. The predicted octanol–water partition coefficient (Wildman–Crippen LogP) is 2.49. The molecule has 1 aliphatic rings. The molecule has 1 fully saturated rings. The Morgan fingerprint density at radius 2 is 2.19 bits per heavy atom. The summed E-state index contributed by atoms with van der Waals surface area (Å²) >= 11 is 0. The predicted molar refractivity (Wildman–Crippen MR) is 83.8 cm³/mol. The van der Waals surface area contributed by atoms with Crippen LogP contribution in [0.15, 0.2) is 30.3 Å². The number of amides is 1. The first-order valence-corrected chi connectivity index (χ1v) is 7.90. The Balaban J connectivity index is 1.85. The molecule has 1 amide bonds. The zero-order valence-corrected chi connectivity index (χ0v) is 12.8. The second kappa shape index (κ2) is 8.15. The van der Waals surface area contributed by atoms with Gasteiger partial charge in [0.1, 0.15) is 0 Å². The van der Waals surface area contributed by atoms with Crippen molar-refractivity contribution in [1.29, 1.82) is 0 Å². The maximum atomic E-state index is 12.4. The summed E-state index contributed by atoms with van der Waals surface area (Å²) in [6.45, 7) is 4.41. The molecule has 0 spiro atoms. The average molecular weight is 290 g/mol. The van der Waals surface area contributed by atoms with Gasteiger partial charge >= 0.3 is 0 Å². The zero-order valence-electron chi connectivity index (χ0n) is 12.8. The normalized spacial score (nSPS) is 20.3. The molecule has 1 saturated heterocycles. The molecule has 2 unspecified atom stereocenters. The lowest BCUT2D eigenvalue weighted by atomic mass is 10.0. The fourth-order valence-corrected chi connectivity index (χ4v) is 2.72. The Morgan fingerprint density at radius 1 is 1.43 bits per heavy atom. The van der Waals surface area contributed by atoms with Crippen LogP contribution in [0.5, 0.6) is 0 Å². The molecule has 0 radical (unpaired) electrons. The quantitative estimate of drug-likeness (QED) is 0.875. The third-order valence-electron chi connectivity index (χ3n) is 3.91. The van der Waals surface area contributed by atoms with Gasteiger partial charge in [-0.25, -0.2) is 0 Å². The molecule has 0 aromatic heterocycles. The number of likely N-dealkylation sites (tertiary alicyclic amines) is 1. The van der Waals surface area contributed by atoms with Gasteiger partial charge in [-0.15, -0.1) is 0 Å². The molecule has 2 atom stereocenters. The molecule has 1 aromatic carbocycles. The maximum Gasteiger partial charge on any atom is 0.224 e. The molecule has 1 aromatic rings. The van der Waals surface area contributed by atoms with Crippen LogP contribution in [0, 0.1) is 0 Å². The fourth-order valence-electron chi connectivity index (χ4n) is 2.72. The first-order chi connectivity index (χ1) is 10.2. The van der Waals surface area contributed by atoms with Crippen LogP contribution < -0.4 is 5.73 Å². The van der Waals surface area contributed by atoms with Gasteiger partial charge in [0.2, 0.25) is 5.91 Å². The van der Waals surface area contributed by atoms with E-state index in [-0.39, 0.29) is 18.1 Å². The van der Waals surface area contributed by atoms with Crippen molar-refractivity contribution in [2.45, 2.75) is 44.8 Å². The smallest absolute Gasteiger partial charge is 0.224 e. The Hall–Kier alpha value is -1.39. The van der Waals surface area contributed by atoms with Crippen molar-refractivity contribution in [2.75, 3.05) is 19.7 Å². The van der Waals surface area contributed by atoms with E-state index in [1.807, 2.05) is 35.2 Å². The van der Waals surface area contributed by atoms with Crippen molar-refractivity contribution in [3.8, 4) is 0 Å². The number of piperidine rings is 1. The van der Waals surface area contributed by atoms with E-state index in [0.29, 0.717) is 13.0 Å². The monoisotopic (exact) mass is 290 g/mol. The summed E-state index contributed by atoms with van der Waals surface area (Å²) in [4.78, 5) is 14.3. The Labute approximate surface area is 127 Å². The van der Waals surface area contributed by atoms with E-state index in [1.54, 1.807) is 0 Å². The number of carbonyl (C=O) groups excluding carboxylic acids is 1. The molecule has 4 heteroatoms. The van der Waals surface area contributed by atoms with Gasteiger partial charge < -0.3 is 15.4 Å². The highest BCUT2D eigenvalue weighted by molar-refractivity contribution is 5.77. The van der Waals surface area contributed by atoms with E-state index in [0.717, 1.165) is 38.0 Å². The Kier molecular flexibility index (Phi) is 6.21. The molecule has 2 N–H and O–H groups in total. The molecule has 0 bridgehead atoms. The zero-order chi connectivity index (χ0) is 15.1. The van der Waals surface area contributed by atoms with E-state index in [1.165, 1.54) is 0 Å². The number of carbonyl (C=O) groups is 1. The van der Waals surface area contributed by atoms with Crippen LogP contribution in [-0.2, 0) is 9.53 Å². The maximum absolute atomic E-state index is 12.4. The number of benzene rings is 1. The van der Waals surface area contributed by atoms with Gasteiger partial charge in [0, 0.05) is 32.2 Å². The van der Waals surface area contributed by atoms with Crippen molar-refractivity contribution >= 4 is 5.91 Å². The summed E-state index contributed by atoms with van der Waals surface area (Å²) in [5.41, 5.74) is 7.15. The van der Waals surface area contributed by atoms with Gasteiger partial charge in [0.25, 0.3) is 0 Å². The molecule has 1 heterocycles. The van der Waals surface area contributed by atoms with Crippen LogP contribution in [0.3, 0.4) is 0 Å². The van der Waals surface area contributed by atoms with Crippen LogP contribution in [0.25, 0.3) is 0 Å².